The van der Waals surface area contributed by atoms with Crippen molar-refractivity contribution in [2.45, 2.75) is 31.9 Å². The number of nitrogens with one attached hydrogen (secondary N) is 1. The lowest BCUT2D eigenvalue weighted by atomic mass is 10.1. The summed E-state index contributed by atoms with van der Waals surface area (Å²) in [5.41, 5.74) is 1.01. The minimum Gasteiger partial charge on any atom is -0.445 e. The lowest BCUT2D eigenvalue weighted by molar-refractivity contribution is 0.0852. The van der Waals surface area contributed by atoms with Crippen LogP contribution in [0.4, 0.5) is 4.79 Å². The van der Waals surface area contributed by atoms with Crippen LogP contribution < -0.4 is 5.32 Å². The van der Waals surface area contributed by atoms with Crippen molar-refractivity contribution in [3.63, 3.8) is 0 Å². The molecule has 0 aliphatic carbocycles. The number of nitrogens with zero attached hydrogens (tertiary/aromatic N) is 1. The molecule has 1 aromatic carbocycles. The maximum Gasteiger partial charge on any atom is 0.410 e. The van der Waals surface area contributed by atoms with Crippen LogP contribution in [0.1, 0.15) is 24.8 Å². The first-order chi connectivity index (χ1) is 10.3. The topological polar surface area (TPSA) is 61.8 Å². The Morgan fingerprint density at radius 2 is 2.00 bits per heavy atom. The number of hydrogen-bond acceptors (Lipinski definition) is 4. The van der Waals surface area contributed by atoms with Gasteiger partial charge >= 0.3 is 6.09 Å². The van der Waals surface area contributed by atoms with E-state index in [1.807, 2.05) is 30.3 Å². The largest absolute Gasteiger partial charge is 0.445 e. The number of piperidine rings is 1. The van der Waals surface area contributed by atoms with Gasteiger partial charge in [-0.3, -0.25) is 0 Å². The van der Waals surface area contributed by atoms with E-state index in [0.29, 0.717) is 12.6 Å². The lowest BCUT2D eigenvalue weighted by Gasteiger charge is -2.31. The first-order valence-electron chi connectivity index (χ1n) is 7.59. The molecule has 0 radical (unpaired) electrons. The second-order valence-corrected chi connectivity index (χ2v) is 5.33. The number of likely N-dealkylation sites (tertiary alicyclic amines) is 1. The van der Waals surface area contributed by atoms with E-state index in [0.717, 1.165) is 44.5 Å². The molecule has 1 fully saturated rings. The zero-order valence-electron chi connectivity index (χ0n) is 12.3. The fraction of sp³-hybridized carbons (Fsp3) is 0.562. The third kappa shape index (κ3) is 5.36. The maximum atomic E-state index is 12.0. The number of carbonyl (C=O) groups excluding carboxylic acids is 1. The smallest absolute Gasteiger partial charge is 0.410 e. The Hall–Kier alpha value is -1.59. The van der Waals surface area contributed by atoms with Crippen molar-refractivity contribution in [1.82, 2.24) is 10.2 Å². The van der Waals surface area contributed by atoms with Crippen LogP contribution in [0.2, 0.25) is 0 Å². The molecule has 0 unspecified atom stereocenters. The van der Waals surface area contributed by atoms with Gasteiger partial charge < -0.3 is 20.1 Å². The highest BCUT2D eigenvalue weighted by molar-refractivity contribution is 5.67. The molecule has 0 saturated carbocycles. The summed E-state index contributed by atoms with van der Waals surface area (Å²) in [6.07, 6.45) is 2.42. The van der Waals surface area contributed by atoms with E-state index in [9.17, 15) is 4.79 Å². The molecule has 1 amide bonds. The molecule has 116 valence electrons. The summed E-state index contributed by atoms with van der Waals surface area (Å²) in [7, 11) is 0. The summed E-state index contributed by atoms with van der Waals surface area (Å²) in [6.45, 7) is 2.83. The molecule has 0 bridgehead atoms. The van der Waals surface area contributed by atoms with Crippen LogP contribution in [-0.2, 0) is 11.3 Å². The Morgan fingerprint density at radius 1 is 1.29 bits per heavy atom. The molecular weight excluding hydrogens is 268 g/mol. The standard InChI is InChI=1S/C16H24N2O3/c19-12-4-9-17-15-7-10-18(11-8-15)16(20)21-13-14-5-2-1-3-6-14/h1-3,5-6,15,17,19H,4,7-13H2. The fourth-order valence-electron chi connectivity index (χ4n) is 2.46. The van der Waals surface area contributed by atoms with Crippen molar-refractivity contribution in [2.24, 2.45) is 0 Å². The first kappa shape index (κ1) is 15.8. The Morgan fingerprint density at radius 3 is 2.67 bits per heavy atom. The SMILES string of the molecule is O=C(OCc1ccccc1)N1CCC(NCCCO)CC1. The number of ether oxygens (including phenoxy) is 1. The number of rotatable bonds is 6. The van der Waals surface area contributed by atoms with E-state index < -0.39 is 0 Å². The first-order valence-corrected chi connectivity index (χ1v) is 7.59. The summed E-state index contributed by atoms with van der Waals surface area (Å²) in [5.74, 6) is 0. The summed E-state index contributed by atoms with van der Waals surface area (Å²) in [5, 5.41) is 12.2. The number of hydrogen-bond donors (Lipinski definition) is 2. The molecule has 5 heteroatoms. The molecule has 0 spiro atoms. The monoisotopic (exact) mass is 292 g/mol. The summed E-state index contributed by atoms with van der Waals surface area (Å²) >= 11 is 0. The molecule has 0 atom stereocenters. The van der Waals surface area contributed by atoms with Crippen LogP contribution in [0.15, 0.2) is 30.3 Å². The van der Waals surface area contributed by atoms with Gasteiger partial charge in [-0.1, -0.05) is 30.3 Å². The molecule has 1 aliphatic rings. The summed E-state index contributed by atoms with van der Waals surface area (Å²) < 4.78 is 5.33. The number of aliphatic hydroxyl groups is 1. The van der Waals surface area contributed by atoms with E-state index in [1.165, 1.54) is 0 Å². The zero-order valence-corrected chi connectivity index (χ0v) is 12.3. The Kier molecular flexibility index (Phi) is 6.50. The third-order valence-electron chi connectivity index (χ3n) is 3.73. The minimum atomic E-state index is -0.229. The van der Waals surface area contributed by atoms with Gasteiger partial charge in [-0.15, -0.1) is 0 Å². The Balaban J connectivity index is 1.66. The van der Waals surface area contributed by atoms with Crippen molar-refractivity contribution in [3.05, 3.63) is 35.9 Å². The van der Waals surface area contributed by atoms with Crippen LogP contribution in [0.3, 0.4) is 0 Å². The second kappa shape index (κ2) is 8.64. The molecule has 1 saturated heterocycles. The van der Waals surface area contributed by atoms with Crippen molar-refractivity contribution < 1.29 is 14.6 Å². The van der Waals surface area contributed by atoms with Crippen LogP contribution in [0.5, 0.6) is 0 Å². The molecule has 2 N–H and O–H groups in total. The predicted octanol–water partition coefficient (Wildman–Crippen LogP) is 1.76. The molecule has 5 nitrogen and oxygen atoms in total. The molecule has 21 heavy (non-hydrogen) atoms. The van der Waals surface area contributed by atoms with Crippen LogP contribution in [0.25, 0.3) is 0 Å². The van der Waals surface area contributed by atoms with Gasteiger partial charge in [-0.05, 0) is 31.4 Å². The number of benzene rings is 1. The summed E-state index contributed by atoms with van der Waals surface area (Å²) in [4.78, 5) is 13.8. The second-order valence-electron chi connectivity index (χ2n) is 5.33. The normalized spacial score (nSPS) is 16.0. The van der Waals surface area contributed by atoms with Crippen LogP contribution >= 0.6 is 0 Å². The third-order valence-corrected chi connectivity index (χ3v) is 3.73. The van der Waals surface area contributed by atoms with Gasteiger partial charge in [0.1, 0.15) is 6.61 Å². The lowest BCUT2D eigenvalue weighted by Crippen LogP contribution is -2.45. The van der Waals surface area contributed by atoms with Gasteiger partial charge in [0.2, 0.25) is 0 Å². The van der Waals surface area contributed by atoms with E-state index in [2.05, 4.69) is 5.32 Å². The zero-order chi connectivity index (χ0) is 14.9. The quantitative estimate of drug-likeness (QED) is 0.784. The van der Waals surface area contributed by atoms with E-state index in [1.54, 1.807) is 4.90 Å². The van der Waals surface area contributed by atoms with Crippen molar-refractivity contribution in [1.29, 1.82) is 0 Å². The van der Waals surface area contributed by atoms with Crippen molar-refractivity contribution in [3.8, 4) is 0 Å². The van der Waals surface area contributed by atoms with Crippen molar-refractivity contribution in [2.75, 3.05) is 26.2 Å². The highest BCUT2D eigenvalue weighted by Crippen LogP contribution is 2.12. The van der Waals surface area contributed by atoms with Crippen LogP contribution in [0, 0.1) is 0 Å². The fourth-order valence-corrected chi connectivity index (χ4v) is 2.46. The van der Waals surface area contributed by atoms with Gasteiger partial charge in [-0.2, -0.15) is 0 Å². The summed E-state index contributed by atoms with van der Waals surface area (Å²) in [6, 6.07) is 10.2. The average Bonchev–Trinajstić information content (AvgIpc) is 2.54. The van der Waals surface area contributed by atoms with Gasteiger partial charge in [0.05, 0.1) is 0 Å². The number of amides is 1. The molecule has 2 rings (SSSR count). The van der Waals surface area contributed by atoms with E-state index in [4.69, 9.17) is 9.84 Å². The highest BCUT2D eigenvalue weighted by atomic mass is 16.6. The molecule has 1 heterocycles. The average molecular weight is 292 g/mol. The maximum absolute atomic E-state index is 12.0. The molecule has 1 aromatic rings. The predicted molar refractivity (Wildman–Crippen MR) is 80.9 cm³/mol. The molecular formula is C16H24N2O3. The van der Waals surface area contributed by atoms with Gasteiger partial charge in [0.15, 0.2) is 0 Å². The molecule has 0 aromatic heterocycles. The number of carbonyl (C=O) groups is 1. The van der Waals surface area contributed by atoms with Gasteiger partial charge in [-0.25, -0.2) is 4.79 Å². The van der Waals surface area contributed by atoms with Crippen molar-refractivity contribution >= 4 is 6.09 Å². The van der Waals surface area contributed by atoms with Gasteiger partial charge in [0, 0.05) is 25.7 Å². The van der Waals surface area contributed by atoms with Gasteiger partial charge in [0.25, 0.3) is 0 Å². The van der Waals surface area contributed by atoms with E-state index in [-0.39, 0.29) is 12.7 Å². The van der Waals surface area contributed by atoms with E-state index >= 15 is 0 Å². The highest BCUT2D eigenvalue weighted by Gasteiger charge is 2.23. The van der Waals surface area contributed by atoms with Crippen LogP contribution in [-0.4, -0.2) is 48.4 Å². The molecule has 1 aliphatic heterocycles. The Bertz CT molecular complexity index is 417. The Labute approximate surface area is 125 Å². The number of aliphatic hydroxyl groups excluding tert-OH is 1. The minimum absolute atomic E-state index is 0.220.